The number of carbonyl (C=O) groups is 1. The standard InChI is InChI=1S/C10H10N2O3/c13-6-9(15)5-12-10-2-1-8(14)3-7(10)4-11-12/h1-4,13-14H,5-6H2. The fraction of sp³-hybridized carbons (Fsp3) is 0.200. The Morgan fingerprint density at radius 1 is 1.47 bits per heavy atom. The van der Waals surface area contributed by atoms with E-state index in [0.29, 0.717) is 0 Å². The van der Waals surface area contributed by atoms with Gasteiger partial charge in [-0.2, -0.15) is 5.10 Å². The zero-order valence-electron chi connectivity index (χ0n) is 7.92. The van der Waals surface area contributed by atoms with Gasteiger partial charge in [-0.3, -0.25) is 9.48 Å². The van der Waals surface area contributed by atoms with Crippen molar-refractivity contribution >= 4 is 16.7 Å². The van der Waals surface area contributed by atoms with E-state index in [1.54, 1.807) is 18.3 Å². The van der Waals surface area contributed by atoms with Crippen LogP contribution in [-0.4, -0.2) is 32.4 Å². The molecule has 0 aliphatic heterocycles. The molecule has 0 aliphatic carbocycles. The number of hydrogen-bond acceptors (Lipinski definition) is 4. The summed E-state index contributed by atoms with van der Waals surface area (Å²) < 4.78 is 1.49. The van der Waals surface area contributed by atoms with Crippen LogP contribution >= 0.6 is 0 Å². The molecule has 0 spiro atoms. The molecule has 5 heteroatoms. The molecule has 0 saturated carbocycles. The molecule has 2 rings (SSSR count). The first-order valence-electron chi connectivity index (χ1n) is 4.48. The second-order valence-electron chi connectivity index (χ2n) is 3.24. The summed E-state index contributed by atoms with van der Waals surface area (Å²) in [6.07, 6.45) is 1.57. The fourth-order valence-corrected chi connectivity index (χ4v) is 1.42. The Kier molecular flexibility index (Phi) is 2.39. The Morgan fingerprint density at radius 2 is 2.27 bits per heavy atom. The Labute approximate surface area is 85.6 Å². The van der Waals surface area contributed by atoms with Crippen LogP contribution in [-0.2, 0) is 11.3 Å². The van der Waals surface area contributed by atoms with E-state index in [1.165, 1.54) is 10.7 Å². The van der Waals surface area contributed by atoms with Gasteiger partial charge >= 0.3 is 0 Å². The second kappa shape index (κ2) is 3.70. The van der Waals surface area contributed by atoms with E-state index in [-0.39, 0.29) is 18.1 Å². The first kappa shape index (κ1) is 9.67. The van der Waals surface area contributed by atoms with Gasteiger partial charge in [0.2, 0.25) is 0 Å². The summed E-state index contributed by atoms with van der Waals surface area (Å²) in [7, 11) is 0. The van der Waals surface area contributed by atoms with Crippen molar-refractivity contribution in [2.75, 3.05) is 6.61 Å². The molecule has 15 heavy (non-hydrogen) atoms. The van der Waals surface area contributed by atoms with Crippen LogP contribution in [0.15, 0.2) is 24.4 Å². The highest BCUT2D eigenvalue weighted by molar-refractivity contribution is 5.84. The lowest BCUT2D eigenvalue weighted by Gasteiger charge is -2.00. The zero-order chi connectivity index (χ0) is 10.8. The zero-order valence-corrected chi connectivity index (χ0v) is 7.92. The van der Waals surface area contributed by atoms with Gasteiger partial charge in [0.1, 0.15) is 18.9 Å². The molecular weight excluding hydrogens is 196 g/mol. The summed E-state index contributed by atoms with van der Waals surface area (Å²) in [4.78, 5) is 11.0. The lowest BCUT2D eigenvalue weighted by molar-refractivity contribution is -0.122. The van der Waals surface area contributed by atoms with Gasteiger partial charge in [-0.05, 0) is 18.2 Å². The summed E-state index contributed by atoms with van der Waals surface area (Å²) in [5, 5.41) is 22.6. The number of hydrogen-bond donors (Lipinski definition) is 2. The molecule has 0 unspecified atom stereocenters. The number of ketones is 1. The van der Waals surface area contributed by atoms with Gasteiger partial charge in [-0.15, -0.1) is 0 Å². The van der Waals surface area contributed by atoms with Gasteiger partial charge < -0.3 is 10.2 Å². The topological polar surface area (TPSA) is 75.3 Å². The molecule has 1 aromatic carbocycles. The minimum atomic E-state index is -0.487. The molecule has 1 heterocycles. The van der Waals surface area contributed by atoms with E-state index >= 15 is 0 Å². The van der Waals surface area contributed by atoms with Crippen LogP contribution in [0.3, 0.4) is 0 Å². The average molecular weight is 206 g/mol. The molecule has 0 fully saturated rings. The smallest absolute Gasteiger partial charge is 0.179 e. The number of rotatable bonds is 3. The van der Waals surface area contributed by atoms with E-state index in [2.05, 4.69) is 5.10 Å². The van der Waals surface area contributed by atoms with Gasteiger partial charge in [0.15, 0.2) is 5.78 Å². The molecule has 0 amide bonds. The Hall–Kier alpha value is -1.88. The van der Waals surface area contributed by atoms with Crippen LogP contribution in [0.5, 0.6) is 5.75 Å². The van der Waals surface area contributed by atoms with E-state index in [1.807, 2.05) is 0 Å². The number of benzene rings is 1. The first-order valence-corrected chi connectivity index (χ1v) is 4.48. The monoisotopic (exact) mass is 206 g/mol. The van der Waals surface area contributed by atoms with Gasteiger partial charge in [0, 0.05) is 5.39 Å². The van der Waals surface area contributed by atoms with Crippen LogP contribution in [0.2, 0.25) is 0 Å². The lowest BCUT2D eigenvalue weighted by Crippen LogP contribution is -2.14. The molecule has 2 N–H and O–H groups in total. The summed E-state index contributed by atoms with van der Waals surface area (Å²) in [6.45, 7) is -0.440. The van der Waals surface area contributed by atoms with Crippen molar-refractivity contribution in [2.24, 2.45) is 0 Å². The molecule has 0 radical (unpaired) electrons. The molecule has 0 bridgehead atoms. The third-order valence-corrected chi connectivity index (χ3v) is 2.13. The van der Waals surface area contributed by atoms with Crippen LogP contribution < -0.4 is 0 Å². The van der Waals surface area contributed by atoms with Crippen molar-refractivity contribution in [1.82, 2.24) is 9.78 Å². The van der Waals surface area contributed by atoms with Crippen molar-refractivity contribution in [3.63, 3.8) is 0 Å². The maximum absolute atomic E-state index is 11.0. The number of aromatic nitrogens is 2. The summed E-state index contributed by atoms with van der Waals surface area (Å²) in [5.74, 6) is -0.136. The van der Waals surface area contributed by atoms with Crippen molar-refractivity contribution in [1.29, 1.82) is 0 Å². The van der Waals surface area contributed by atoms with Gasteiger partial charge in [0.05, 0.1) is 11.7 Å². The number of Topliss-reactive ketones (excluding diaryl/α,β-unsaturated/α-hetero) is 1. The number of aliphatic hydroxyl groups is 1. The lowest BCUT2D eigenvalue weighted by atomic mass is 10.2. The Balaban J connectivity index is 2.41. The van der Waals surface area contributed by atoms with E-state index in [4.69, 9.17) is 5.11 Å². The average Bonchev–Trinajstić information content (AvgIpc) is 2.60. The van der Waals surface area contributed by atoms with E-state index in [9.17, 15) is 9.90 Å². The highest BCUT2D eigenvalue weighted by Crippen LogP contribution is 2.19. The Morgan fingerprint density at radius 3 is 3.00 bits per heavy atom. The van der Waals surface area contributed by atoms with Crippen LogP contribution in [0.1, 0.15) is 0 Å². The third kappa shape index (κ3) is 1.82. The van der Waals surface area contributed by atoms with Crippen molar-refractivity contribution in [3.8, 4) is 5.75 Å². The third-order valence-electron chi connectivity index (χ3n) is 2.13. The van der Waals surface area contributed by atoms with E-state index in [0.717, 1.165) is 10.9 Å². The predicted octanol–water partition coefficient (Wildman–Crippen LogP) is 0.303. The molecular formula is C10H10N2O3. The molecule has 0 saturated heterocycles. The summed E-state index contributed by atoms with van der Waals surface area (Å²) in [6, 6.07) is 4.79. The number of phenolic OH excluding ortho intramolecular Hbond substituents is 1. The normalized spacial score (nSPS) is 10.7. The maximum atomic E-state index is 11.0. The summed E-state index contributed by atoms with van der Waals surface area (Å²) >= 11 is 0. The van der Waals surface area contributed by atoms with Crippen molar-refractivity contribution in [2.45, 2.75) is 6.54 Å². The quantitative estimate of drug-likeness (QED) is 0.757. The number of nitrogens with zero attached hydrogens (tertiary/aromatic N) is 2. The highest BCUT2D eigenvalue weighted by atomic mass is 16.3. The molecule has 78 valence electrons. The minimum absolute atomic E-state index is 0.0464. The number of aromatic hydroxyl groups is 1. The fourth-order valence-electron chi connectivity index (χ4n) is 1.42. The molecule has 2 aromatic rings. The van der Waals surface area contributed by atoms with Gasteiger partial charge in [-0.25, -0.2) is 0 Å². The highest BCUT2D eigenvalue weighted by Gasteiger charge is 2.06. The van der Waals surface area contributed by atoms with Crippen LogP contribution in [0.25, 0.3) is 10.9 Å². The van der Waals surface area contributed by atoms with Crippen molar-refractivity contribution < 1.29 is 15.0 Å². The molecule has 5 nitrogen and oxygen atoms in total. The molecule has 1 aromatic heterocycles. The second-order valence-corrected chi connectivity index (χ2v) is 3.24. The van der Waals surface area contributed by atoms with Crippen LogP contribution in [0, 0.1) is 0 Å². The molecule has 0 atom stereocenters. The van der Waals surface area contributed by atoms with Crippen LogP contribution in [0.4, 0.5) is 0 Å². The van der Waals surface area contributed by atoms with E-state index < -0.39 is 6.61 Å². The number of fused-ring (bicyclic) bond motifs is 1. The molecule has 0 aliphatic rings. The number of phenols is 1. The van der Waals surface area contributed by atoms with Crippen molar-refractivity contribution in [3.05, 3.63) is 24.4 Å². The largest absolute Gasteiger partial charge is 0.508 e. The maximum Gasteiger partial charge on any atom is 0.179 e. The summed E-state index contributed by atoms with van der Waals surface area (Å²) in [5.41, 5.74) is 0.759. The van der Waals surface area contributed by atoms with Gasteiger partial charge in [0.25, 0.3) is 0 Å². The van der Waals surface area contributed by atoms with Gasteiger partial charge in [-0.1, -0.05) is 0 Å². The first-order chi connectivity index (χ1) is 7.20. The number of aliphatic hydroxyl groups excluding tert-OH is 1. The predicted molar refractivity (Wildman–Crippen MR) is 53.5 cm³/mol. The number of carbonyl (C=O) groups excluding carboxylic acids is 1. The SMILES string of the molecule is O=C(CO)Cn1ncc2cc(O)ccc21. The Bertz CT molecular complexity index is 504. The minimum Gasteiger partial charge on any atom is -0.508 e.